The fraction of sp³-hybridized carbons (Fsp3) is 0.0909. The van der Waals surface area contributed by atoms with E-state index in [9.17, 15) is 18.0 Å². The first-order valence-corrected chi connectivity index (χ1v) is 9.85. The van der Waals surface area contributed by atoms with Gasteiger partial charge in [0.05, 0.1) is 17.0 Å². The minimum atomic E-state index is -3.84. The number of aryl methyl sites for hydroxylation is 1. The number of hydrogen-bond acceptors (Lipinski definition) is 5. The standard InChI is InChI=1S/C22H15ClF3N5O2/c1-31-18(8-10-29-31)19-17(16-3-2-9-27-20(16)24)11-13(12-28-19)21(32)30-14-4-6-15(7-5-14)33-22(23,25)26/h2-12H,1H3,(H,30,32). The lowest BCUT2D eigenvalue weighted by atomic mass is 10.0. The van der Waals surface area contributed by atoms with Crippen molar-refractivity contribution >= 4 is 23.2 Å². The van der Waals surface area contributed by atoms with Gasteiger partial charge in [-0.3, -0.25) is 14.5 Å². The number of amides is 1. The number of hydrogen-bond donors (Lipinski definition) is 1. The Hall–Kier alpha value is -3.92. The molecule has 1 aromatic carbocycles. The predicted molar refractivity (Wildman–Crippen MR) is 115 cm³/mol. The fourth-order valence-electron chi connectivity index (χ4n) is 3.13. The van der Waals surface area contributed by atoms with Crippen LogP contribution in [0.2, 0.25) is 0 Å². The van der Waals surface area contributed by atoms with E-state index in [1.54, 1.807) is 30.1 Å². The Morgan fingerprint density at radius 1 is 1.09 bits per heavy atom. The van der Waals surface area contributed by atoms with Gasteiger partial charge in [-0.25, -0.2) is 4.98 Å². The molecule has 0 atom stereocenters. The van der Waals surface area contributed by atoms with Crippen LogP contribution in [0.5, 0.6) is 5.75 Å². The van der Waals surface area contributed by atoms with Crippen LogP contribution in [0.3, 0.4) is 0 Å². The zero-order chi connectivity index (χ0) is 23.6. The molecule has 11 heteroatoms. The van der Waals surface area contributed by atoms with Crippen molar-refractivity contribution in [3.8, 4) is 28.3 Å². The molecule has 0 saturated carbocycles. The number of ether oxygens (including phenoxy) is 1. The van der Waals surface area contributed by atoms with Gasteiger partial charge >= 0.3 is 5.57 Å². The van der Waals surface area contributed by atoms with Crippen molar-refractivity contribution in [2.24, 2.45) is 7.05 Å². The Morgan fingerprint density at radius 2 is 1.85 bits per heavy atom. The predicted octanol–water partition coefficient (Wildman–Crippen LogP) is 5.10. The van der Waals surface area contributed by atoms with Crippen LogP contribution in [0.15, 0.2) is 67.1 Å². The molecule has 4 aromatic rings. The molecule has 0 aliphatic rings. The molecule has 0 saturated heterocycles. The number of alkyl halides is 3. The summed E-state index contributed by atoms with van der Waals surface area (Å²) in [6, 6.07) is 11.5. The van der Waals surface area contributed by atoms with Crippen LogP contribution in [0.25, 0.3) is 22.5 Å². The minimum Gasteiger partial charge on any atom is -0.420 e. The molecule has 0 fully saturated rings. The first-order valence-electron chi connectivity index (χ1n) is 9.48. The highest BCUT2D eigenvalue weighted by Crippen LogP contribution is 2.32. The first-order chi connectivity index (χ1) is 15.7. The monoisotopic (exact) mass is 473 g/mol. The molecular weight excluding hydrogens is 459 g/mol. The Morgan fingerprint density at radius 3 is 2.48 bits per heavy atom. The van der Waals surface area contributed by atoms with Crippen LogP contribution in [0.1, 0.15) is 10.4 Å². The molecular formula is C22H15ClF3N5O2. The van der Waals surface area contributed by atoms with E-state index in [2.05, 4.69) is 25.1 Å². The zero-order valence-corrected chi connectivity index (χ0v) is 17.7. The molecule has 1 N–H and O–H groups in total. The van der Waals surface area contributed by atoms with Gasteiger partial charge in [0.25, 0.3) is 5.91 Å². The van der Waals surface area contributed by atoms with Gasteiger partial charge in [0.2, 0.25) is 5.95 Å². The lowest BCUT2D eigenvalue weighted by molar-refractivity contribution is -0.0964. The van der Waals surface area contributed by atoms with Crippen LogP contribution in [0.4, 0.5) is 18.9 Å². The Labute approximate surface area is 190 Å². The number of benzene rings is 1. The average Bonchev–Trinajstić information content (AvgIpc) is 3.19. The van der Waals surface area contributed by atoms with Crippen molar-refractivity contribution < 1.29 is 22.7 Å². The molecule has 1 amide bonds. The van der Waals surface area contributed by atoms with E-state index in [4.69, 9.17) is 11.6 Å². The number of carbonyl (C=O) groups is 1. The van der Waals surface area contributed by atoms with E-state index in [1.807, 2.05) is 0 Å². The molecule has 0 aliphatic heterocycles. The van der Waals surface area contributed by atoms with E-state index in [0.29, 0.717) is 22.6 Å². The molecule has 0 bridgehead atoms. The van der Waals surface area contributed by atoms with Crippen molar-refractivity contribution in [2.45, 2.75) is 5.57 Å². The number of aromatic nitrogens is 4. The van der Waals surface area contributed by atoms with Gasteiger partial charge in [-0.1, -0.05) is 0 Å². The van der Waals surface area contributed by atoms with E-state index in [0.717, 1.165) is 0 Å². The van der Waals surface area contributed by atoms with Gasteiger partial charge in [0.15, 0.2) is 0 Å². The van der Waals surface area contributed by atoms with Crippen molar-refractivity contribution in [2.75, 3.05) is 5.32 Å². The maximum Gasteiger partial charge on any atom is 0.487 e. The van der Waals surface area contributed by atoms with Crippen LogP contribution in [-0.2, 0) is 7.05 Å². The lowest BCUT2D eigenvalue weighted by Gasteiger charge is -2.13. The largest absolute Gasteiger partial charge is 0.487 e. The summed E-state index contributed by atoms with van der Waals surface area (Å²) in [5.74, 6) is -1.43. The second kappa shape index (κ2) is 8.91. The molecule has 3 aromatic heterocycles. The van der Waals surface area contributed by atoms with E-state index in [-0.39, 0.29) is 16.9 Å². The van der Waals surface area contributed by atoms with Gasteiger partial charge in [0.1, 0.15) is 5.75 Å². The third-order valence-electron chi connectivity index (χ3n) is 4.61. The molecule has 33 heavy (non-hydrogen) atoms. The summed E-state index contributed by atoms with van der Waals surface area (Å²) in [6.07, 6.45) is 4.25. The van der Waals surface area contributed by atoms with Gasteiger partial charge in [-0.15, -0.1) is 8.78 Å². The van der Waals surface area contributed by atoms with Crippen molar-refractivity contribution in [3.05, 3.63) is 78.6 Å². The number of anilines is 1. The Balaban J connectivity index is 1.66. The highest BCUT2D eigenvalue weighted by molar-refractivity contribution is 6.20. The van der Waals surface area contributed by atoms with E-state index >= 15 is 0 Å². The molecule has 0 unspecified atom stereocenters. The smallest absolute Gasteiger partial charge is 0.420 e. The summed E-state index contributed by atoms with van der Waals surface area (Å²) in [4.78, 5) is 20.9. The van der Waals surface area contributed by atoms with Crippen molar-refractivity contribution in [3.63, 3.8) is 0 Å². The Bertz CT molecular complexity index is 1310. The maximum atomic E-state index is 14.5. The number of carbonyl (C=O) groups excluding carboxylic acids is 1. The van der Waals surface area contributed by atoms with Crippen LogP contribution >= 0.6 is 11.6 Å². The summed E-state index contributed by atoms with van der Waals surface area (Å²) >= 11 is 4.74. The summed E-state index contributed by atoms with van der Waals surface area (Å²) in [6.45, 7) is 0. The third kappa shape index (κ3) is 5.12. The highest BCUT2D eigenvalue weighted by atomic mass is 35.5. The molecule has 4 rings (SSSR count). The summed E-state index contributed by atoms with van der Waals surface area (Å²) in [7, 11) is 1.72. The molecule has 3 heterocycles. The Kier molecular flexibility index (Phi) is 6.01. The van der Waals surface area contributed by atoms with Crippen molar-refractivity contribution in [1.82, 2.24) is 19.7 Å². The van der Waals surface area contributed by atoms with E-state index < -0.39 is 17.4 Å². The number of nitrogens with zero attached hydrogens (tertiary/aromatic N) is 4. The summed E-state index contributed by atoms with van der Waals surface area (Å²) in [5, 5.41) is 6.74. The quantitative estimate of drug-likeness (QED) is 0.311. The number of pyridine rings is 2. The SMILES string of the molecule is Cn1nccc1-c1ncc(C(=O)Nc2ccc(OC(F)(F)Cl)cc2)cc1-c1cccnc1F. The van der Waals surface area contributed by atoms with Gasteiger partial charge in [0, 0.05) is 54.1 Å². The fourth-order valence-corrected chi connectivity index (χ4v) is 3.22. The molecule has 0 aliphatic carbocycles. The number of rotatable bonds is 6. The summed E-state index contributed by atoms with van der Waals surface area (Å²) < 4.78 is 45.8. The second-order valence-electron chi connectivity index (χ2n) is 6.83. The van der Waals surface area contributed by atoms with Crippen molar-refractivity contribution in [1.29, 1.82) is 0 Å². The minimum absolute atomic E-state index is 0.145. The van der Waals surface area contributed by atoms with Crippen LogP contribution in [0, 0.1) is 5.95 Å². The maximum absolute atomic E-state index is 14.5. The van der Waals surface area contributed by atoms with Gasteiger partial charge in [-0.2, -0.15) is 9.49 Å². The molecule has 0 spiro atoms. The highest BCUT2D eigenvalue weighted by Gasteiger charge is 2.27. The normalized spacial score (nSPS) is 11.3. The lowest BCUT2D eigenvalue weighted by Crippen LogP contribution is -2.16. The van der Waals surface area contributed by atoms with Crippen LogP contribution in [-0.4, -0.2) is 31.2 Å². The van der Waals surface area contributed by atoms with Gasteiger partial charge in [-0.05, 0) is 48.5 Å². The summed E-state index contributed by atoms with van der Waals surface area (Å²) in [5.41, 5.74) is -1.83. The first kappa shape index (κ1) is 22.3. The third-order valence-corrected chi connectivity index (χ3v) is 4.69. The zero-order valence-electron chi connectivity index (χ0n) is 17.0. The molecule has 0 radical (unpaired) electrons. The molecule has 168 valence electrons. The number of nitrogens with one attached hydrogen (secondary N) is 1. The van der Waals surface area contributed by atoms with Crippen LogP contribution < -0.4 is 10.1 Å². The second-order valence-corrected chi connectivity index (χ2v) is 7.27. The number of halogens is 4. The van der Waals surface area contributed by atoms with E-state index in [1.165, 1.54) is 48.8 Å². The van der Waals surface area contributed by atoms with Gasteiger partial charge < -0.3 is 10.1 Å². The topological polar surface area (TPSA) is 81.9 Å². The average molecular weight is 474 g/mol. The molecule has 7 nitrogen and oxygen atoms in total.